The quantitative estimate of drug-likeness (QED) is 0.683. The van der Waals surface area contributed by atoms with Crippen LogP contribution in [0.1, 0.15) is 37.8 Å². The zero-order valence-corrected chi connectivity index (χ0v) is 17.7. The molecule has 0 spiro atoms. The second-order valence-corrected chi connectivity index (χ2v) is 9.70. The molecule has 0 saturated carbocycles. The summed E-state index contributed by atoms with van der Waals surface area (Å²) in [6.45, 7) is 3.56. The molecule has 2 atom stereocenters. The van der Waals surface area contributed by atoms with Gasteiger partial charge < -0.3 is 14.4 Å². The van der Waals surface area contributed by atoms with Gasteiger partial charge in [0.25, 0.3) is 0 Å². The van der Waals surface area contributed by atoms with Crippen molar-refractivity contribution >= 4 is 15.7 Å². The van der Waals surface area contributed by atoms with Crippen LogP contribution in [0.5, 0.6) is 11.5 Å². The van der Waals surface area contributed by atoms with E-state index in [2.05, 4.69) is 4.90 Å². The minimum atomic E-state index is -3.02. The van der Waals surface area contributed by atoms with E-state index in [1.165, 1.54) is 0 Å². The molecule has 2 aliphatic rings. The van der Waals surface area contributed by atoms with Crippen LogP contribution in [0.2, 0.25) is 0 Å². The van der Waals surface area contributed by atoms with Gasteiger partial charge in [0, 0.05) is 24.2 Å². The van der Waals surface area contributed by atoms with Crippen LogP contribution in [0.25, 0.3) is 0 Å². The van der Waals surface area contributed by atoms with E-state index in [9.17, 15) is 13.2 Å². The number of rotatable bonds is 7. The molecule has 0 N–H and O–H groups in total. The standard InChI is InChI=1S/C20H30N2O5S/c1-4-22(15-9-11-28(24,25)14-15)20(23)13-21-10-5-6-18(21)17-12-16(26-2)7-8-19(17)27-3/h7-8,12,15,18H,4-6,9-11,13-14H2,1-3H3. The van der Waals surface area contributed by atoms with E-state index < -0.39 is 9.84 Å². The predicted octanol–water partition coefficient (Wildman–Crippen LogP) is 1.88. The van der Waals surface area contributed by atoms with Crippen molar-refractivity contribution in [3.63, 3.8) is 0 Å². The van der Waals surface area contributed by atoms with Gasteiger partial charge in [0.1, 0.15) is 11.5 Å². The predicted molar refractivity (Wildman–Crippen MR) is 108 cm³/mol. The highest BCUT2D eigenvalue weighted by Crippen LogP contribution is 2.38. The number of benzene rings is 1. The van der Waals surface area contributed by atoms with Gasteiger partial charge in [-0.15, -0.1) is 0 Å². The number of hydrogen-bond acceptors (Lipinski definition) is 6. The maximum atomic E-state index is 13.0. The first-order valence-corrected chi connectivity index (χ1v) is 11.7. The lowest BCUT2D eigenvalue weighted by Gasteiger charge is -2.31. The van der Waals surface area contributed by atoms with Crippen molar-refractivity contribution in [1.29, 1.82) is 0 Å². The highest BCUT2D eigenvalue weighted by Gasteiger charge is 2.36. The largest absolute Gasteiger partial charge is 0.497 e. The van der Waals surface area contributed by atoms with Crippen molar-refractivity contribution < 1.29 is 22.7 Å². The van der Waals surface area contributed by atoms with Gasteiger partial charge in [-0.3, -0.25) is 9.69 Å². The van der Waals surface area contributed by atoms with Crippen LogP contribution < -0.4 is 9.47 Å². The van der Waals surface area contributed by atoms with Crippen LogP contribution >= 0.6 is 0 Å². The molecule has 0 bridgehead atoms. The van der Waals surface area contributed by atoms with Gasteiger partial charge in [-0.2, -0.15) is 0 Å². The molecule has 28 heavy (non-hydrogen) atoms. The Morgan fingerprint density at radius 1 is 1.25 bits per heavy atom. The molecule has 2 heterocycles. The van der Waals surface area contributed by atoms with Crippen molar-refractivity contribution in [3.8, 4) is 11.5 Å². The van der Waals surface area contributed by atoms with E-state index >= 15 is 0 Å². The molecule has 1 amide bonds. The Morgan fingerprint density at radius 2 is 2.04 bits per heavy atom. The van der Waals surface area contributed by atoms with E-state index in [4.69, 9.17) is 9.47 Å². The Labute approximate surface area is 167 Å². The summed E-state index contributed by atoms with van der Waals surface area (Å²) < 4.78 is 34.6. The number of likely N-dealkylation sites (tertiary alicyclic amines) is 1. The first-order chi connectivity index (χ1) is 13.4. The molecular weight excluding hydrogens is 380 g/mol. The smallest absolute Gasteiger partial charge is 0.237 e. The maximum absolute atomic E-state index is 13.0. The van der Waals surface area contributed by atoms with Crippen LogP contribution in [0, 0.1) is 0 Å². The molecule has 3 rings (SSSR count). The second kappa shape index (κ2) is 8.69. The summed E-state index contributed by atoms with van der Waals surface area (Å²) in [5, 5.41) is 0. The number of ether oxygens (including phenoxy) is 2. The van der Waals surface area contributed by atoms with Crippen LogP contribution in [-0.2, 0) is 14.6 Å². The van der Waals surface area contributed by atoms with Crippen molar-refractivity contribution in [3.05, 3.63) is 23.8 Å². The molecule has 2 unspecified atom stereocenters. The minimum absolute atomic E-state index is 0.00152. The fraction of sp³-hybridized carbons (Fsp3) is 0.650. The number of methoxy groups -OCH3 is 2. The zero-order valence-electron chi connectivity index (χ0n) is 16.9. The number of likely N-dealkylation sites (N-methyl/N-ethyl adjacent to an activating group) is 1. The molecule has 2 aliphatic heterocycles. The van der Waals surface area contributed by atoms with E-state index in [0.29, 0.717) is 13.0 Å². The number of sulfone groups is 1. The summed E-state index contributed by atoms with van der Waals surface area (Å²) in [6.07, 6.45) is 2.48. The van der Waals surface area contributed by atoms with E-state index in [1.807, 2.05) is 25.1 Å². The van der Waals surface area contributed by atoms with Gasteiger partial charge in [0.2, 0.25) is 5.91 Å². The maximum Gasteiger partial charge on any atom is 0.237 e. The van der Waals surface area contributed by atoms with Crippen LogP contribution in [-0.4, -0.2) is 75.5 Å². The fourth-order valence-corrected chi connectivity index (χ4v) is 6.12. The van der Waals surface area contributed by atoms with Gasteiger partial charge in [-0.25, -0.2) is 8.42 Å². The third-order valence-corrected chi connectivity index (χ3v) is 7.56. The summed E-state index contributed by atoms with van der Waals surface area (Å²) in [4.78, 5) is 16.9. The Kier molecular flexibility index (Phi) is 6.50. The van der Waals surface area contributed by atoms with E-state index in [1.54, 1.807) is 19.1 Å². The molecule has 0 aromatic heterocycles. The summed E-state index contributed by atoms with van der Waals surface area (Å²) in [6, 6.07) is 5.63. The number of nitrogens with zero attached hydrogens (tertiary/aromatic N) is 2. The zero-order chi connectivity index (χ0) is 20.3. The third-order valence-electron chi connectivity index (χ3n) is 5.81. The lowest BCUT2D eigenvalue weighted by molar-refractivity contribution is -0.134. The van der Waals surface area contributed by atoms with E-state index in [-0.39, 0.29) is 36.0 Å². The van der Waals surface area contributed by atoms with Crippen LogP contribution in [0.15, 0.2) is 18.2 Å². The Bertz CT molecular complexity index is 811. The van der Waals surface area contributed by atoms with Gasteiger partial charge in [-0.1, -0.05) is 0 Å². The summed E-state index contributed by atoms with van der Waals surface area (Å²) in [5.74, 6) is 1.81. The molecule has 156 valence electrons. The molecule has 7 nitrogen and oxygen atoms in total. The fourth-order valence-electron chi connectivity index (χ4n) is 4.39. The average Bonchev–Trinajstić information content (AvgIpc) is 3.27. The average molecular weight is 411 g/mol. The molecule has 0 radical (unpaired) electrons. The molecule has 1 aromatic rings. The van der Waals surface area contributed by atoms with E-state index in [0.717, 1.165) is 36.4 Å². The highest BCUT2D eigenvalue weighted by atomic mass is 32.2. The van der Waals surface area contributed by atoms with Crippen molar-refractivity contribution in [1.82, 2.24) is 9.80 Å². The molecule has 8 heteroatoms. The number of amides is 1. The lowest BCUT2D eigenvalue weighted by atomic mass is 10.0. The second-order valence-electron chi connectivity index (χ2n) is 7.47. The van der Waals surface area contributed by atoms with Crippen LogP contribution in [0.3, 0.4) is 0 Å². The minimum Gasteiger partial charge on any atom is -0.497 e. The van der Waals surface area contributed by atoms with Gasteiger partial charge in [-0.05, 0) is 50.9 Å². The molecule has 0 aliphatic carbocycles. The molecule has 2 saturated heterocycles. The SMILES string of the molecule is CCN(C(=O)CN1CCCC1c1cc(OC)ccc1OC)C1CCS(=O)(=O)C1. The molecule has 2 fully saturated rings. The van der Waals surface area contributed by atoms with Crippen LogP contribution in [0.4, 0.5) is 0 Å². The number of hydrogen-bond donors (Lipinski definition) is 0. The van der Waals surface area contributed by atoms with Crippen molar-refractivity contribution in [2.24, 2.45) is 0 Å². The Morgan fingerprint density at radius 3 is 2.64 bits per heavy atom. The lowest BCUT2D eigenvalue weighted by Crippen LogP contribution is -2.46. The van der Waals surface area contributed by atoms with Gasteiger partial charge in [0.05, 0.1) is 32.3 Å². The van der Waals surface area contributed by atoms with Gasteiger partial charge in [0.15, 0.2) is 9.84 Å². The Balaban J connectivity index is 1.75. The molecule has 1 aromatic carbocycles. The monoisotopic (exact) mass is 410 g/mol. The number of carbonyl (C=O) groups is 1. The summed E-state index contributed by atoms with van der Waals surface area (Å²) in [7, 11) is 0.263. The van der Waals surface area contributed by atoms with Crippen molar-refractivity contribution in [2.75, 3.05) is 45.4 Å². The first kappa shape index (κ1) is 20.9. The van der Waals surface area contributed by atoms with Gasteiger partial charge >= 0.3 is 0 Å². The first-order valence-electron chi connectivity index (χ1n) is 9.84. The molecular formula is C20H30N2O5S. The highest BCUT2D eigenvalue weighted by molar-refractivity contribution is 7.91. The summed E-state index contributed by atoms with van der Waals surface area (Å²) >= 11 is 0. The summed E-state index contributed by atoms with van der Waals surface area (Å²) in [5.41, 5.74) is 1.03. The normalized spacial score (nSPS) is 24.2. The number of carbonyl (C=O) groups excluding carboxylic acids is 1. The topological polar surface area (TPSA) is 76.2 Å². The van der Waals surface area contributed by atoms with Crippen molar-refractivity contribution in [2.45, 2.75) is 38.3 Å². The third kappa shape index (κ3) is 4.43. The Hall–Kier alpha value is -1.80.